The zero-order chi connectivity index (χ0) is 14.9. The smallest absolute Gasteiger partial charge is 0.266 e. The number of anilines is 1. The minimum atomic E-state index is -0.0649. The summed E-state index contributed by atoms with van der Waals surface area (Å²) in [4.78, 5) is 18.7. The van der Waals surface area contributed by atoms with Crippen molar-refractivity contribution in [2.75, 3.05) is 11.4 Å². The first-order valence-corrected chi connectivity index (χ1v) is 7.40. The van der Waals surface area contributed by atoms with E-state index in [0.717, 1.165) is 30.7 Å². The standard InChI is InChI=1S/C15H16N6O/c22-14-4-1-6-17-21(14)11-12-3-2-9-19(12)15-13-5-7-18-20(13)10-8-16-15/h1,4-8,10,12H,2-3,9,11H2. The van der Waals surface area contributed by atoms with Crippen LogP contribution in [0.25, 0.3) is 5.52 Å². The van der Waals surface area contributed by atoms with Crippen molar-refractivity contribution in [2.45, 2.75) is 25.4 Å². The summed E-state index contributed by atoms with van der Waals surface area (Å²) < 4.78 is 3.35. The van der Waals surface area contributed by atoms with E-state index in [-0.39, 0.29) is 11.6 Å². The molecule has 1 fully saturated rings. The number of rotatable bonds is 3. The molecule has 0 aromatic carbocycles. The number of fused-ring (bicyclic) bond motifs is 1. The van der Waals surface area contributed by atoms with Crippen LogP contribution in [-0.4, -0.2) is 37.0 Å². The monoisotopic (exact) mass is 296 g/mol. The summed E-state index contributed by atoms with van der Waals surface area (Å²) in [5.41, 5.74) is 0.924. The highest BCUT2D eigenvalue weighted by Crippen LogP contribution is 2.27. The Labute approximate surface area is 126 Å². The largest absolute Gasteiger partial charge is 0.350 e. The van der Waals surface area contributed by atoms with Crippen molar-refractivity contribution in [1.82, 2.24) is 24.4 Å². The third-order valence-corrected chi connectivity index (χ3v) is 4.12. The summed E-state index contributed by atoms with van der Waals surface area (Å²) >= 11 is 0. The predicted octanol–water partition coefficient (Wildman–Crippen LogP) is 0.955. The minimum absolute atomic E-state index is 0.0649. The van der Waals surface area contributed by atoms with Gasteiger partial charge in [0.05, 0.1) is 18.8 Å². The summed E-state index contributed by atoms with van der Waals surface area (Å²) in [5, 5.41) is 8.42. The van der Waals surface area contributed by atoms with E-state index < -0.39 is 0 Å². The zero-order valence-corrected chi connectivity index (χ0v) is 12.0. The minimum Gasteiger partial charge on any atom is -0.350 e. The number of nitrogens with zero attached hydrogens (tertiary/aromatic N) is 6. The number of aromatic nitrogens is 5. The van der Waals surface area contributed by atoms with E-state index in [1.807, 2.05) is 16.8 Å². The van der Waals surface area contributed by atoms with Crippen molar-refractivity contribution < 1.29 is 0 Å². The van der Waals surface area contributed by atoms with Crippen LogP contribution in [0.2, 0.25) is 0 Å². The Bertz CT molecular complexity index is 854. The first-order chi connectivity index (χ1) is 10.8. The molecule has 3 aromatic rings. The van der Waals surface area contributed by atoms with Gasteiger partial charge < -0.3 is 4.90 Å². The first-order valence-electron chi connectivity index (χ1n) is 7.40. The van der Waals surface area contributed by atoms with Gasteiger partial charge >= 0.3 is 0 Å². The van der Waals surface area contributed by atoms with Crippen molar-refractivity contribution in [3.8, 4) is 0 Å². The molecule has 0 amide bonds. The van der Waals surface area contributed by atoms with E-state index in [0.29, 0.717) is 6.54 Å². The summed E-state index contributed by atoms with van der Waals surface area (Å²) in [6.45, 7) is 1.51. The summed E-state index contributed by atoms with van der Waals surface area (Å²) in [7, 11) is 0. The molecule has 0 saturated carbocycles. The quantitative estimate of drug-likeness (QED) is 0.720. The lowest BCUT2D eigenvalue weighted by Gasteiger charge is -2.26. The maximum Gasteiger partial charge on any atom is 0.266 e. The molecule has 1 aliphatic rings. The fourth-order valence-electron chi connectivity index (χ4n) is 3.09. The van der Waals surface area contributed by atoms with E-state index >= 15 is 0 Å². The molecule has 0 spiro atoms. The molecule has 112 valence electrons. The Morgan fingerprint density at radius 2 is 2.14 bits per heavy atom. The van der Waals surface area contributed by atoms with Gasteiger partial charge in [0.2, 0.25) is 0 Å². The molecule has 1 atom stereocenters. The maximum atomic E-state index is 11.9. The molecule has 3 aromatic heterocycles. The molecule has 0 N–H and O–H groups in total. The Balaban J connectivity index is 1.68. The number of hydrogen-bond donors (Lipinski definition) is 0. The lowest BCUT2D eigenvalue weighted by atomic mass is 10.2. The third kappa shape index (κ3) is 2.14. The van der Waals surface area contributed by atoms with E-state index in [1.165, 1.54) is 4.68 Å². The van der Waals surface area contributed by atoms with Gasteiger partial charge in [-0.2, -0.15) is 10.2 Å². The van der Waals surface area contributed by atoms with Crippen molar-refractivity contribution >= 4 is 11.3 Å². The molecule has 4 heterocycles. The van der Waals surface area contributed by atoms with Gasteiger partial charge in [0, 0.05) is 31.2 Å². The average Bonchev–Trinajstić information content (AvgIpc) is 3.18. The van der Waals surface area contributed by atoms with Gasteiger partial charge in [0.1, 0.15) is 5.52 Å². The molecule has 7 nitrogen and oxygen atoms in total. The van der Waals surface area contributed by atoms with Gasteiger partial charge in [-0.15, -0.1) is 0 Å². The van der Waals surface area contributed by atoms with Crippen LogP contribution in [0.5, 0.6) is 0 Å². The van der Waals surface area contributed by atoms with Gasteiger partial charge in [-0.25, -0.2) is 14.2 Å². The molecular formula is C15H16N6O. The molecule has 22 heavy (non-hydrogen) atoms. The van der Waals surface area contributed by atoms with Crippen molar-refractivity contribution in [2.24, 2.45) is 0 Å². The molecule has 1 saturated heterocycles. The van der Waals surface area contributed by atoms with E-state index in [9.17, 15) is 4.79 Å². The summed E-state index contributed by atoms with van der Waals surface area (Å²) in [6.07, 6.45) is 9.14. The van der Waals surface area contributed by atoms with Crippen LogP contribution in [0.15, 0.2) is 47.8 Å². The second-order valence-corrected chi connectivity index (χ2v) is 5.45. The highest BCUT2D eigenvalue weighted by Gasteiger charge is 2.28. The Morgan fingerprint density at radius 3 is 3.05 bits per heavy atom. The molecule has 4 rings (SSSR count). The van der Waals surface area contributed by atoms with Crippen LogP contribution in [-0.2, 0) is 6.54 Å². The highest BCUT2D eigenvalue weighted by atomic mass is 16.1. The lowest BCUT2D eigenvalue weighted by molar-refractivity contribution is 0.487. The Kier molecular flexibility index (Phi) is 3.10. The van der Waals surface area contributed by atoms with Crippen molar-refractivity contribution in [3.63, 3.8) is 0 Å². The van der Waals surface area contributed by atoms with Gasteiger partial charge in [-0.1, -0.05) is 0 Å². The Hall–Kier alpha value is -2.70. The fourth-order valence-corrected chi connectivity index (χ4v) is 3.09. The fraction of sp³-hybridized carbons (Fsp3) is 0.333. The SMILES string of the molecule is O=c1cccnn1CC1CCCN1c1nccn2nccc12. The zero-order valence-electron chi connectivity index (χ0n) is 12.0. The van der Waals surface area contributed by atoms with Gasteiger partial charge in [-0.05, 0) is 25.0 Å². The average molecular weight is 296 g/mol. The molecule has 0 aliphatic carbocycles. The molecule has 0 radical (unpaired) electrons. The van der Waals surface area contributed by atoms with Crippen LogP contribution in [0, 0.1) is 0 Å². The number of hydrogen-bond acceptors (Lipinski definition) is 5. The van der Waals surface area contributed by atoms with E-state index in [2.05, 4.69) is 20.1 Å². The molecule has 1 unspecified atom stereocenters. The van der Waals surface area contributed by atoms with Gasteiger partial charge in [-0.3, -0.25) is 4.79 Å². The second kappa shape index (κ2) is 5.25. The summed E-state index contributed by atoms with van der Waals surface area (Å²) in [6, 6.07) is 5.40. The Morgan fingerprint density at radius 1 is 1.18 bits per heavy atom. The van der Waals surface area contributed by atoms with E-state index in [1.54, 1.807) is 30.7 Å². The third-order valence-electron chi connectivity index (χ3n) is 4.12. The molecule has 0 bridgehead atoms. The second-order valence-electron chi connectivity index (χ2n) is 5.45. The van der Waals surface area contributed by atoms with Crippen molar-refractivity contribution in [1.29, 1.82) is 0 Å². The normalized spacial score (nSPS) is 18.2. The van der Waals surface area contributed by atoms with Crippen LogP contribution in [0.1, 0.15) is 12.8 Å². The topological polar surface area (TPSA) is 68.3 Å². The van der Waals surface area contributed by atoms with Crippen LogP contribution in [0.3, 0.4) is 0 Å². The molecule has 7 heteroatoms. The predicted molar refractivity (Wildman–Crippen MR) is 81.9 cm³/mol. The summed E-state index contributed by atoms with van der Waals surface area (Å²) in [5.74, 6) is 0.923. The lowest BCUT2D eigenvalue weighted by Crippen LogP contribution is -2.37. The van der Waals surface area contributed by atoms with Crippen LogP contribution in [0.4, 0.5) is 5.82 Å². The molecule has 1 aliphatic heterocycles. The van der Waals surface area contributed by atoms with Crippen molar-refractivity contribution in [3.05, 3.63) is 53.3 Å². The molecular weight excluding hydrogens is 280 g/mol. The van der Waals surface area contributed by atoms with Gasteiger partial charge in [0.25, 0.3) is 5.56 Å². The first kappa shape index (κ1) is 13.0. The van der Waals surface area contributed by atoms with Crippen LogP contribution < -0.4 is 10.5 Å². The maximum absolute atomic E-state index is 11.9. The van der Waals surface area contributed by atoms with E-state index in [4.69, 9.17) is 0 Å². The highest BCUT2D eigenvalue weighted by molar-refractivity contribution is 5.68. The van der Waals surface area contributed by atoms with Gasteiger partial charge in [0.15, 0.2) is 5.82 Å². The van der Waals surface area contributed by atoms with Crippen LogP contribution >= 0.6 is 0 Å².